The first-order valence-electron chi connectivity index (χ1n) is 5.70. The van der Waals surface area contributed by atoms with Gasteiger partial charge in [-0.1, -0.05) is 36.4 Å². The number of nitrogens with one attached hydrogen (secondary N) is 1. The maximum atomic E-state index is 10.8. The summed E-state index contributed by atoms with van der Waals surface area (Å²) >= 11 is 0. The summed E-state index contributed by atoms with van der Waals surface area (Å²) in [6, 6.07) is 14.5. The quantitative estimate of drug-likeness (QED) is 0.448. The van der Waals surface area contributed by atoms with E-state index in [0.717, 1.165) is 16.7 Å². The van der Waals surface area contributed by atoms with Crippen molar-refractivity contribution < 1.29 is 15.1 Å². The first-order chi connectivity index (χ1) is 9.19. The SMILES string of the molecule is O=C(C=Cc1ccc(-c2ccc(O)cc2)cc1)NO. The zero-order valence-corrected chi connectivity index (χ0v) is 10.1. The van der Waals surface area contributed by atoms with Crippen molar-refractivity contribution in [3.63, 3.8) is 0 Å². The summed E-state index contributed by atoms with van der Waals surface area (Å²) in [6.07, 6.45) is 2.85. The van der Waals surface area contributed by atoms with E-state index >= 15 is 0 Å². The highest BCUT2D eigenvalue weighted by Gasteiger charge is 1.98. The van der Waals surface area contributed by atoms with Crippen LogP contribution in [-0.4, -0.2) is 16.2 Å². The Balaban J connectivity index is 2.16. The summed E-state index contributed by atoms with van der Waals surface area (Å²) in [5.74, 6) is -0.332. The van der Waals surface area contributed by atoms with Crippen LogP contribution >= 0.6 is 0 Å². The number of hydroxylamine groups is 1. The lowest BCUT2D eigenvalue weighted by Crippen LogP contribution is -2.14. The van der Waals surface area contributed by atoms with Crippen LogP contribution in [-0.2, 0) is 4.79 Å². The second-order valence-corrected chi connectivity index (χ2v) is 3.98. The molecule has 4 heteroatoms. The van der Waals surface area contributed by atoms with Gasteiger partial charge in [0.25, 0.3) is 5.91 Å². The van der Waals surface area contributed by atoms with E-state index in [2.05, 4.69) is 0 Å². The molecular weight excluding hydrogens is 242 g/mol. The number of benzene rings is 2. The average Bonchev–Trinajstić information content (AvgIpc) is 2.46. The van der Waals surface area contributed by atoms with Crippen molar-refractivity contribution >= 4 is 12.0 Å². The van der Waals surface area contributed by atoms with Crippen LogP contribution in [0.15, 0.2) is 54.6 Å². The minimum atomic E-state index is -0.567. The van der Waals surface area contributed by atoms with Crippen molar-refractivity contribution in [1.82, 2.24) is 5.48 Å². The number of rotatable bonds is 3. The van der Waals surface area contributed by atoms with E-state index in [1.807, 2.05) is 36.4 Å². The van der Waals surface area contributed by atoms with Gasteiger partial charge in [0.15, 0.2) is 0 Å². The summed E-state index contributed by atoms with van der Waals surface area (Å²) in [5.41, 5.74) is 4.40. The molecule has 0 fully saturated rings. The standard InChI is InChI=1S/C15H13NO3/c17-14-8-6-13(7-9-14)12-4-1-11(2-5-12)3-10-15(18)16-19/h1-10,17,19H,(H,16,18). The van der Waals surface area contributed by atoms with Crippen LogP contribution in [0.4, 0.5) is 0 Å². The zero-order chi connectivity index (χ0) is 13.7. The van der Waals surface area contributed by atoms with Crippen LogP contribution in [0.3, 0.4) is 0 Å². The molecule has 19 heavy (non-hydrogen) atoms. The molecule has 0 atom stereocenters. The Morgan fingerprint density at radius 3 is 2.00 bits per heavy atom. The summed E-state index contributed by atoms with van der Waals surface area (Å²) in [6.45, 7) is 0. The van der Waals surface area contributed by atoms with Gasteiger partial charge in [0.1, 0.15) is 5.75 Å². The average molecular weight is 255 g/mol. The van der Waals surface area contributed by atoms with E-state index in [0.29, 0.717) is 0 Å². The van der Waals surface area contributed by atoms with Gasteiger partial charge in [-0.15, -0.1) is 0 Å². The summed E-state index contributed by atoms with van der Waals surface area (Å²) < 4.78 is 0. The molecule has 0 aromatic heterocycles. The van der Waals surface area contributed by atoms with Crippen LogP contribution < -0.4 is 5.48 Å². The van der Waals surface area contributed by atoms with Gasteiger partial charge in [0, 0.05) is 6.08 Å². The van der Waals surface area contributed by atoms with Crippen molar-refractivity contribution in [3.8, 4) is 16.9 Å². The highest BCUT2D eigenvalue weighted by molar-refractivity contribution is 5.90. The third-order valence-corrected chi connectivity index (χ3v) is 2.65. The van der Waals surface area contributed by atoms with Crippen LogP contribution in [0.2, 0.25) is 0 Å². The fourth-order valence-corrected chi connectivity index (χ4v) is 1.65. The monoisotopic (exact) mass is 255 g/mol. The molecule has 2 aromatic carbocycles. The lowest BCUT2D eigenvalue weighted by Gasteiger charge is -2.02. The molecule has 2 rings (SSSR count). The van der Waals surface area contributed by atoms with Crippen LogP contribution in [0.25, 0.3) is 17.2 Å². The Morgan fingerprint density at radius 2 is 1.47 bits per heavy atom. The first kappa shape index (κ1) is 12.9. The van der Waals surface area contributed by atoms with Gasteiger partial charge in [-0.2, -0.15) is 0 Å². The topological polar surface area (TPSA) is 69.6 Å². The number of carbonyl (C=O) groups excluding carboxylic acids is 1. The Bertz CT molecular complexity index is 586. The van der Waals surface area contributed by atoms with Gasteiger partial charge < -0.3 is 5.11 Å². The molecule has 0 aliphatic carbocycles. The third kappa shape index (κ3) is 3.43. The lowest BCUT2D eigenvalue weighted by atomic mass is 10.0. The molecule has 2 aromatic rings. The number of carbonyl (C=O) groups is 1. The van der Waals surface area contributed by atoms with E-state index in [9.17, 15) is 9.90 Å². The number of amides is 1. The molecule has 4 nitrogen and oxygen atoms in total. The number of phenolic OH excluding ortho intramolecular Hbond substituents is 1. The first-order valence-corrected chi connectivity index (χ1v) is 5.70. The van der Waals surface area contributed by atoms with Gasteiger partial charge in [-0.25, -0.2) is 5.48 Å². The van der Waals surface area contributed by atoms with E-state index in [1.165, 1.54) is 11.6 Å². The van der Waals surface area contributed by atoms with E-state index < -0.39 is 5.91 Å². The normalized spacial score (nSPS) is 10.6. The third-order valence-electron chi connectivity index (χ3n) is 2.65. The molecule has 3 N–H and O–H groups in total. The second kappa shape index (κ2) is 5.84. The van der Waals surface area contributed by atoms with Gasteiger partial charge in [-0.05, 0) is 34.9 Å². The van der Waals surface area contributed by atoms with Crippen molar-refractivity contribution in [2.75, 3.05) is 0 Å². The van der Waals surface area contributed by atoms with Crippen LogP contribution in [0, 0.1) is 0 Å². The second-order valence-electron chi connectivity index (χ2n) is 3.98. The molecule has 0 saturated heterocycles. The maximum absolute atomic E-state index is 10.8. The highest BCUT2D eigenvalue weighted by Crippen LogP contribution is 2.22. The Morgan fingerprint density at radius 1 is 0.947 bits per heavy atom. The van der Waals surface area contributed by atoms with Gasteiger partial charge in [0.2, 0.25) is 0 Å². The highest BCUT2D eigenvalue weighted by atomic mass is 16.5. The molecule has 0 heterocycles. The molecule has 0 aliphatic heterocycles. The molecule has 0 bridgehead atoms. The zero-order valence-electron chi connectivity index (χ0n) is 10.1. The summed E-state index contributed by atoms with van der Waals surface area (Å²) in [5, 5.41) is 17.6. The predicted molar refractivity (Wildman–Crippen MR) is 72.5 cm³/mol. The number of phenols is 1. The number of hydrogen-bond acceptors (Lipinski definition) is 3. The van der Waals surface area contributed by atoms with Crippen molar-refractivity contribution in [2.24, 2.45) is 0 Å². The predicted octanol–water partition coefficient (Wildman–Crippen LogP) is 2.58. The molecule has 0 aliphatic rings. The molecule has 0 unspecified atom stereocenters. The Labute approximate surface area is 110 Å². The van der Waals surface area contributed by atoms with Crippen LogP contribution in [0.1, 0.15) is 5.56 Å². The Hall–Kier alpha value is -2.59. The van der Waals surface area contributed by atoms with Gasteiger partial charge in [0.05, 0.1) is 0 Å². The van der Waals surface area contributed by atoms with Crippen molar-refractivity contribution in [1.29, 1.82) is 0 Å². The van der Waals surface area contributed by atoms with E-state index in [1.54, 1.807) is 18.2 Å². The number of aromatic hydroxyl groups is 1. The molecule has 96 valence electrons. The Kier molecular flexibility index (Phi) is 3.95. The fraction of sp³-hybridized carbons (Fsp3) is 0. The van der Waals surface area contributed by atoms with Gasteiger partial charge >= 0.3 is 0 Å². The molecule has 0 spiro atoms. The maximum Gasteiger partial charge on any atom is 0.267 e. The van der Waals surface area contributed by atoms with E-state index in [4.69, 9.17) is 5.21 Å². The van der Waals surface area contributed by atoms with Crippen molar-refractivity contribution in [3.05, 3.63) is 60.2 Å². The molecular formula is C15H13NO3. The summed E-state index contributed by atoms with van der Waals surface area (Å²) in [4.78, 5) is 10.8. The molecule has 0 saturated carbocycles. The summed E-state index contributed by atoms with van der Waals surface area (Å²) in [7, 11) is 0. The number of hydrogen-bond donors (Lipinski definition) is 3. The minimum absolute atomic E-state index is 0.235. The van der Waals surface area contributed by atoms with E-state index in [-0.39, 0.29) is 5.75 Å². The lowest BCUT2D eigenvalue weighted by molar-refractivity contribution is -0.124. The molecule has 0 radical (unpaired) electrons. The minimum Gasteiger partial charge on any atom is -0.508 e. The van der Waals surface area contributed by atoms with Gasteiger partial charge in [-0.3, -0.25) is 10.0 Å². The largest absolute Gasteiger partial charge is 0.508 e. The fourth-order valence-electron chi connectivity index (χ4n) is 1.65. The van der Waals surface area contributed by atoms with Crippen molar-refractivity contribution in [2.45, 2.75) is 0 Å². The van der Waals surface area contributed by atoms with Crippen LogP contribution in [0.5, 0.6) is 5.75 Å². The smallest absolute Gasteiger partial charge is 0.267 e. The molecule has 1 amide bonds.